The van der Waals surface area contributed by atoms with E-state index in [9.17, 15) is 10.1 Å². The first-order valence-electron chi connectivity index (χ1n) is 6.91. The van der Waals surface area contributed by atoms with Gasteiger partial charge >= 0.3 is 0 Å². The number of nitrogens with one attached hydrogen (secondary N) is 1. The average Bonchev–Trinajstić information content (AvgIpc) is 2.87. The number of non-ortho nitro benzene ring substituents is 1. The van der Waals surface area contributed by atoms with Gasteiger partial charge in [0.1, 0.15) is 0 Å². The standard InChI is InChI=1S/C15H19N3O3/c1-10(2)16-7-6-15-17-9-14(21-15)13-8-12(18(19)20)5-4-11(13)3/h4-5,8-10,16H,6-7H2,1-3H3. The smallest absolute Gasteiger partial charge is 0.270 e. The number of aromatic nitrogens is 1. The Morgan fingerprint density at radius 1 is 1.43 bits per heavy atom. The second-order valence-corrected chi connectivity index (χ2v) is 5.23. The van der Waals surface area contributed by atoms with E-state index in [0.29, 0.717) is 29.7 Å². The van der Waals surface area contributed by atoms with Crippen LogP contribution in [0.5, 0.6) is 0 Å². The van der Waals surface area contributed by atoms with Gasteiger partial charge in [-0.1, -0.05) is 19.9 Å². The molecule has 21 heavy (non-hydrogen) atoms. The molecule has 0 fully saturated rings. The lowest BCUT2D eigenvalue weighted by molar-refractivity contribution is -0.384. The zero-order valence-corrected chi connectivity index (χ0v) is 12.4. The van der Waals surface area contributed by atoms with E-state index in [-0.39, 0.29) is 5.69 Å². The molecule has 1 aromatic heterocycles. The largest absolute Gasteiger partial charge is 0.441 e. The van der Waals surface area contributed by atoms with Gasteiger partial charge in [-0.2, -0.15) is 0 Å². The van der Waals surface area contributed by atoms with Crippen LogP contribution < -0.4 is 5.32 Å². The highest BCUT2D eigenvalue weighted by molar-refractivity contribution is 5.64. The first kappa shape index (κ1) is 15.2. The lowest BCUT2D eigenvalue weighted by Crippen LogP contribution is -2.24. The summed E-state index contributed by atoms with van der Waals surface area (Å²) in [5.74, 6) is 1.19. The Hall–Kier alpha value is -2.21. The molecule has 1 N–H and O–H groups in total. The van der Waals surface area contributed by atoms with Crippen LogP contribution in [0.15, 0.2) is 28.8 Å². The fourth-order valence-corrected chi connectivity index (χ4v) is 2.01. The van der Waals surface area contributed by atoms with Gasteiger partial charge in [-0.15, -0.1) is 0 Å². The molecule has 0 saturated carbocycles. The molecule has 0 aliphatic carbocycles. The quantitative estimate of drug-likeness (QED) is 0.652. The van der Waals surface area contributed by atoms with Gasteiger partial charge in [0.15, 0.2) is 11.7 Å². The second-order valence-electron chi connectivity index (χ2n) is 5.23. The SMILES string of the molecule is Cc1ccc([N+](=O)[O-])cc1-c1cnc(CCNC(C)C)o1. The summed E-state index contributed by atoms with van der Waals surface area (Å²) in [6.07, 6.45) is 2.31. The summed E-state index contributed by atoms with van der Waals surface area (Å²) in [6.45, 7) is 6.83. The minimum atomic E-state index is -0.410. The highest BCUT2D eigenvalue weighted by atomic mass is 16.6. The average molecular weight is 289 g/mol. The van der Waals surface area contributed by atoms with Crippen LogP contribution >= 0.6 is 0 Å². The van der Waals surface area contributed by atoms with Crippen LogP contribution in [0.25, 0.3) is 11.3 Å². The molecule has 0 aliphatic rings. The van der Waals surface area contributed by atoms with Gasteiger partial charge in [0, 0.05) is 36.7 Å². The molecule has 2 rings (SSSR count). The minimum Gasteiger partial charge on any atom is -0.441 e. The molecule has 0 amide bonds. The second kappa shape index (κ2) is 6.49. The molecule has 0 unspecified atom stereocenters. The summed E-state index contributed by atoms with van der Waals surface area (Å²) >= 11 is 0. The van der Waals surface area contributed by atoms with Crippen molar-refractivity contribution in [1.82, 2.24) is 10.3 Å². The molecule has 2 aromatic rings. The van der Waals surface area contributed by atoms with Crippen molar-refractivity contribution >= 4 is 5.69 Å². The van der Waals surface area contributed by atoms with Gasteiger partial charge in [0.2, 0.25) is 0 Å². The maximum Gasteiger partial charge on any atom is 0.270 e. The van der Waals surface area contributed by atoms with Gasteiger partial charge in [-0.05, 0) is 12.5 Å². The van der Waals surface area contributed by atoms with E-state index in [1.54, 1.807) is 12.3 Å². The normalized spacial score (nSPS) is 11.0. The Labute approximate surface area is 123 Å². The van der Waals surface area contributed by atoms with Crippen LogP contribution in [0, 0.1) is 17.0 Å². The Morgan fingerprint density at radius 3 is 2.86 bits per heavy atom. The number of benzene rings is 1. The number of oxazole rings is 1. The Balaban J connectivity index is 2.17. The molecule has 6 heteroatoms. The fourth-order valence-electron chi connectivity index (χ4n) is 2.01. The van der Waals surface area contributed by atoms with E-state index in [1.807, 2.05) is 6.92 Å². The lowest BCUT2D eigenvalue weighted by Gasteiger charge is -2.05. The maximum atomic E-state index is 10.9. The summed E-state index contributed by atoms with van der Waals surface area (Å²) in [6, 6.07) is 5.14. The van der Waals surface area contributed by atoms with Crippen LogP contribution in [0.3, 0.4) is 0 Å². The Bertz CT molecular complexity index is 635. The van der Waals surface area contributed by atoms with Crippen LogP contribution in [-0.2, 0) is 6.42 Å². The summed E-state index contributed by atoms with van der Waals surface area (Å²) in [4.78, 5) is 14.7. The van der Waals surface area contributed by atoms with Gasteiger partial charge in [0.25, 0.3) is 5.69 Å². The van der Waals surface area contributed by atoms with Crippen LogP contribution in [0.4, 0.5) is 5.69 Å². The fraction of sp³-hybridized carbons (Fsp3) is 0.400. The first-order chi connectivity index (χ1) is 9.97. The van der Waals surface area contributed by atoms with Crippen molar-refractivity contribution in [3.8, 4) is 11.3 Å². The van der Waals surface area contributed by atoms with E-state index in [1.165, 1.54) is 12.1 Å². The lowest BCUT2D eigenvalue weighted by atomic mass is 10.1. The zero-order valence-electron chi connectivity index (χ0n) is 12.4. The van der Waals surface area contributed by atoms with Crippen molar-refractivity contribution in [2.24, 2.45) is 0 Å². The molecule has 0 bridgehead atoms. The summed E-state index contributed by atoms with van der Waals surface area (Å²) in [7, 11) is 0. The van der Waals surface area contributed by atoms with Crippen molar-refractivity contribution < 1.29 is 9.34 Å². The highest BCUT2D eigenvalue weighted by Crippen LogP contribution is 2.28. The molecular weight excluding hydrogens is 270 g/mol. The van der Waals surface area contributed by atoms with E-state index in [4.69, 9.17) is 4.42 Å². The third-order valence-corrected chi connectivity index (χ3v) is 3.14. The van der Waals surface area contributed by atoms with Crippen molar-refractivity contribution in [2.75, 3.05) is 6.54 Å². The predicted molar refractivity (Wildman–Crippen MR) is 80.2 cm³/mol. The van der Waals surface area contributed by atoms with E-state index in [0.717, 1.165) is 12.1 Å². The van der Waals surface area contributed by atoms with Gasteiger partial charge in [0.05, 0.1) is 11.1 Å². The maximum absolute atomic E-state index is 10.9. The van der Waals surface area contributed by atoms with Crippen LogP contribution in [-0.4, -0.2) is 22.5 Å². The van der Waals surface area contributed by atoms with Gasteiger partial charge in [-0.25, -0.2) is 4.98 Å². The van der Waals surface area contributed by atoms with Crippen LogP contribution in [0.2, 0.25) is 0 Å². The first-order valence-corrected chi connectivity index (χ1v) is 6.91. The Morgan fingerprint density at radius 2 is 2.19 bits per heavy atom. The number of nitro groups is 1. The zero-order chi connectivity index (χ0) is 15.4. The van der Waals surface area contributed by atoms with Crippen molar-refractivity contribution in [2.45, 2.75) is 33.2 Å². The highest BCUT2D eigenvalue weighted by Gasteiger charge is 2.14. The van der Waals surface area contributed by atoms with Crippen molar-refractivity contribution in [3.63, 3.8) is 0 Å². The number of nitro benzene ring substituents is 1. The van der Waals surface area contributed by atoms with Gasteiger partial charge in [-0.3, -0.25) is 10.1 Å². The number of aryl methyl sites for hydroxylation is 1. The topological polar surface area (TPSA) is 81.2 Å². The van der Waals surface area contributed by atoms with Crippen molar-refractivity contribution in [1.29, 1.82) is 0 Å². The van der Waals surface area contributed by atoms with Gasteiger partial charge < -0.3 is 9.73 Å². The molecule has 1 aromatic carbocycles. The van der Waals surface area contributed by atoms with E-state index in [2.05, 4.69) is 24.1 Å². The molecule has 0 aliphatic heterocycles. The van der Waals surface area contributed by atoms with E-state index < -0.39 is 4.92 Å². The third-order valence-electron chi connectivity index (χ3n) is 3.14. The van der Waals surface area contributed by atoms with E-state index >= 15 is 0 Å². The van der Waals surface area contributed by atoms with Crippen molar-refractivity contribution in [3.05, 3.63) is 46.0 Å². The number of rotatable bonds is 6. The molecule has 0 saturated heterocycles. The summed E-state index contributed by atoms with van der Waals surface area (Å²) in [5.41, 5.74) is 1.68. The molecule has 112 valence electrons. The molecule has 6 nitrogen and oxygen atoms in total. The summed E-state index contributed by atoms with van der Waals surface area (Å²) < 4.78 is 5.69. The minimum absolute atomic E-state index is 0.0509. The third kappa shape index (κ3) is 3.88. The number of hydrogen-bond donors (Lipinski definition) is 1. The molecule has 0 spiro atoms. The summed E-state index contributed by atoms with van der Waals surface area (Å²) in [5, 5.41) is 14.1. The number of hydrogen-bond acceptors (Lipinski definition) is 5. The molecular formula is C15H19N3O3. The molecule has 0 atom stereocenters. The molecule has 0 radical (unpaired) electrons. The number of nitrogens with zero attached hydrogens (tertiary/aromatic N) is 2. The monoisotopic (exact) mass is 289 g/mol. The molecule has 1 heterocycles. The van der Waals surface area contributed by atoms with Crippen LogP contribution in [0.1, 0.15) is 25.3 Å². The predicted octanol–water partition coefficient (Wildman–Crippen LogP) is 3.10. The Kier molecular flexibility index (Phi) is 4.70.